The topological polar surface area (TPSA) is 52.3 Å². The highest BCUT2D eigenvalue weighted by Gasteiger charge is 2.24. The van der Waals surface area contributed by atoms with Gasteiger partial charge in [0.2, 0.25) is 0 Å². The van der Waals surface area contributed by atoms with Crippen LogP contribution in [-0.2, 0) is 9.53 Å². The minimum absolute atomic E-state index is 0.117. The van der Waals surface area contributed by atoms with Crippen molar-refractivity contribution in [1.29, 1.82) is 0 Å². The van der Waals surface area contributed by atoms with Crippen molar-refractivity contribution in [2.45, 2.75) is 38.6 Å². The van der Waals surface area contributed by atoms with Crippen LogP contribution in [0, 0.1) is 5.92 Å². The Morgan fingerprint density at radius 1 is 1.58 bits per heavy atom. The summed E-state index contributed by atoms with van der Waals surface area (Å²) in [4.78, 5) is 10.8. The Hall–Kier alpha value is -0.570. The maximum atomic E-state index is 10.8. The average molecular weight is 171 g/mol. The molecule has 0 radical (unpaired) electrons. The second-order valence-electron chi connectivity index (χ2n) is 3.39. The Bertz CT molecular complexity index is 159. The van der Waals surface area contributed by atoms with Crippen LogP contribution in [0.4, 0.5) is 0 Å². The van der Waals surface area contributed by atoms with Crippen LogP contribution in [0.25, 0.3) is 0 Å². The first-order valence-electron chi connectivity index (χ1n) is 4.65. The Morgan fingerprint density at radius 3 is 2.83 bits per heavy atom. The van der Waals surface area contributed by atoms with Gasteiger partial charge in [-0.2, -0.15) is 0 Å². The zero-order valence-corrected chi connectivity index (χ0v) is 7.58. The van der Waals surface area contributed by atoms with E-state index in [1.54, 1.807) is 6.92 Å². The van der Waals surface area contributed by atoms with E-state index in [1.807, 2.05) is 0 Å². The Balaban J connectivity index is 2.18. The molecular weight excluding hydrogens is 154 g/mol. The van der Waals surface area contributed by atoms with Crippen molar-refractivity contribution >= 4 is 5.97 Å². The molecule has 0 aromatic carbocycles. The molecule has 0 aliphatic heterocycles. The van der Waals surface area contributed by atoms with Gasteiger partial charge in [-0.1, -0.05) is 13.3 Å². The maximum absolute atomic E-state index is 10.8. The van der Waals surface area contributed by atoms with Gasteiger partial charge in [-0.3, -0.25) is 4.79 Å². The fourth-order valence-corrected chi connectivity index (χ4v) is 1.57. The Labute approximate surface area is 73.3 Å². The van der Waals surface area contributed by atoms with Gasteiger partial charge in [0.25, 0.3) is 0 Å². The van der Waals surface area contributed by atoms with Crippen molar-refractivity contribution in [3.05, 3.63) is 0 Å². The van der Waals surface area contributed by atoms with Crippen molar-refractivity contribution in [3.8, 4) is 0 Å². The van der Waals surface area contributed by atoms with Crippen LogP contribution in [-0.4, -0.2) is 18.6 Å². The first kappa shape index (κ1) is 9.52. The van der Waals surface area contributed by atoms with Crippen LogP contribution in [0.2, 0.25) is 0 Å². The first-order valence-corrected chi connectivity index (χ1v) is 4.65. The molecule has 70 valence electrons. The highest BCUT2D eigenvalue weighted by Crippen LogP contribution is 2.23. The monoisotopic (exact) mass is 171 g/mol. The minimum Gasteiger partial charge on any atom is -0.465 e. The molecule has 1 aliphatic rings. The van der Waals surface area contributed by atoms with Crippen molar-refractivity contribution in [2.24, 2.45) is 11.7 Å². The van der Waals surface area contributed by atoms with Gasteiger partial charge in [0.1, 0.15) is 0 Å². The van der Waals surface area contributed by atoms with Crippen LogP contribution in [0.15, 0.2) is 0 Å². The van der Waals surface area contributed by atoms with E-state index in [9.17, 15) is 4.79 Å². The summed E-state index contributed by atoms with van der Waals surface area (Å²) < 4.78 is 5.03. The van der Waals surface area contributed by atoms with Crippen LogP contribution >= 0.6 is 0 Å². The van der Waals surface area contributed by atoms with Gasteiger partial charge in [-0.05, 0) is 12.8 Å². The lowest BCUT2D eigenvalue weighted by atomic mass is 10.1. The van der Waals surface area contributed by atoms with E-state index >= 15 is 0 Å². The summed E-state index contributed by atoms with van der Waals surface area (Å²) in [6, 6.07) is 0.245. The molecular formula is C9H17NO2. The normalized spacial score (nSPS) is 28.8. The molecule has 12 heavy (non-hydrogen) atoms. The molecule has 0 amide bonds. The lowest BCUT2D eigenvalue weighted by Crippen LogP contribution is -2.28. The van der Waals surface area contributed by atoms with E-state index in [0.717, 1.165) is 12.8 Å². The summed E-state index contributed by atoms with van der Waals surface area (Å²) in [7, 11) is 0. The van der Waals surface area contributed by atoms with Crippen LogP contribution in [0.3, 0.4) is 0 Å². The highest BCUT2D eigenvalue weighted by molar-refractivity contribution is 5.68. The number of rotatable bonds is 3. The predicted octanol–water partition coefficient (Wildman–Crippen LogP) is 1.07. The standard InChI is InChI=1S/C9H17NO2/c1-2-9(11)12-6-7-4-3-5-8(7)10/h7-8H,2-6,10H2,1H3/t7?,8-/m0/s1. The van der Waals surface area contributed by atoms with Gasteiger partial charge in [-0.15, -0.1) is 0 Å². The second-order valence-corrected chi connectivity index (χ2v) is 3.39. The number of esters is 1. The number of carbonyl (C=O) groups excluding carboxylic acids is 1. The van der Waals surface area contributed by atoms with Gasteiger partial charge in [0.15, 0.2) is 0 Å². The summed E-state index contributed by atoms with van der Waals surface area (Å²) in [6.45, 7) is 2.32. The third kappa shape index (κ3) is 2.48. The number of hydrogen-bond acceptors (Lipinski definition) is 3. The zero-order valence-electron chi connectivity index (χ0n) is 7.58. The van der Waals surface area contributed by atoms with Crippen LogP contribution < -0.4 is 5.73 Å². The largest absolute Gasteiger partial charge is 0.465 e. The molecule has 2 atom stereocenters. The maximum Gasteiger partial charge on any atom is 0.305 e. The third-order valence-corrected chi connectivity index (χ3v) is 2.46. The zero-order chi connectivity index (χ0) is 8.97. The number of ether oxygens (including phenoxy) is 1. The van der Waals surface area contributed by atoms with Gasteiger partial charge >= 0.3 is 5.97 Å². The predicted molar refractivity (Wildman–Crippen MR) is 46.6 cm³/mol. The molecule has 1 aliphatic carbocycles. The first-order chi connectivity index (χ1) is 5.74. The molecule has 0 aromatic rings. The molecule has 0 spiro atoms. The number of nitrogens with two attached hydrogens (primary N) is 1. The molecule has 1 rings (SSSR count). The van der Waals surface area contributed by atoms with Gasteiger partial charge in [0.05, 0.1) is 6.61 Å². The van der Waals surface area contributed by atoms with E-state index < -0.39 is 0 Å². The van der Waals surface area contributed by atoms with Crippen molar-refractivity contribution in [2.75, 3.05) is 6.61 Å². The minimum atomic E-state index is -0.117. The van der Waals surface area contributed by atoms with Gasteiger partial charge in [0, 0.05) is 18.4 Å². The highest BCUT2D eigenvalue weighted by atomic mass is 16.5. The SMILES string of the molecule is CCC(=O)OCC1CCC[C@@H]1N. The van der Waals surface area contributed by atoms with Crippen molar-refractivity contribution in [1.82, 2.24) is 0 Å². The quantitative estimate of drug-likeness (QED) is 0.646. The summed E-state index contributed by atoms with van der Waals surface area (Å²) in [5.41, 5.74) is 5.82. The average Bonchev–Trinajstić information content (AvgIpc) is 2.47. The second kappa shape index (κ2) is 4.45. The number of carbonyl (C=O) groups is 1. The van der Waals surface area contributed by atoms with Crippen molar-refractivity contribution < 1.29 is 9.53 Å². The number of hydrogen-bond donors (Lipinski definition) is 1. The molecule has 2 N–H and O–H groups in total. The lowest BCUT2D eigenvalue weighted by molar-refractivity contribution is -0.144. The summed E-state index contributed by atoms with van der Waals surface area (Å²) >= 11 is 0. The molecule has 0 aromatic heterocycles. The lowest BCUT2D eigenvalue weighted by Gasteiger charge is -2.14. The Kier molecular flexibility index (Phi) is 3.53. The van der Waals surface area contributed by atoms with Gasteiger partial charge < -0.3 is 10.5 Å². The third-order valence-electron chi connectivity index (χ3n) is 2.46. The van der Waals surface area contributed by atoms with E-state index in [0.29, 0.717) is 18.9 Å². The van der Waals surface area contributed by atoms with Crippen LogP contribution in [0.1, 0.15) is 32.6 Å². The molecule has 1 unspecified atom stereocenters. The van der Waals surface area contributed by atoms with E-state index in [-0.39, 0.29) is 12.0 Å². The Morgan fingerprint density at radius 2 is 2.33 bits per heavy atom. The summed E-state index contributed by atoms with van der Waals surface area (Å²) in [6.07, 6.45) is 3.82. The fourth-order valence-electron chi connectivity index (χ4n) is 1.57. The van der Waals surface area contributed by atoms with E-state index in [1.165, 1.54) is 6.42 Å². The summed E-state index contributed by atoms with van der Waals surface area (Å²) in [5, 5.41) is 0. The van der Waals surface area contributed by atoms with Crippen molar-refractivity contribution in [3.63, 3.8) is 0 Å². The molecule has 0 saturated heterocycles. The van der Waals surface area contributed by atoms with Crippen LogP contribution in [0.5, 0.6) is 0 Å². The smallest absolute Gasteiger partial charge is 0.305 e. The molecule has 1 fully saturated rings. The molecule has 1 saturated carbocycles. The molecule has 0 bridgehead atoms. The fraction of sp³-hybridized carbons (Fsp3) is 0.889. The molecule has 3 heteroatoms. The molecule has 3 nitrogen and oxygen atoms in total. The molecule has 0 heterocycles. The summed E-state index contributed by atoms with van der Waals surface area (Å²) in [5.74, 6) is 0.287. The van der Waals surface area contributed by atoms with E-state index in [4.69, 9.17) is 10.5 Å². The van der Waals surface area contributed by atoms with Gasteiger partial charge in [-0.25, -0.2) is 0 Å². The van der Waals surface area contributed by atoms with E-state index in [2.05, 4.69) is 0 Å².